The fraction of sp³-hybridized carbons (Fsp3) is 0.625. The molecule has 2 amide bonds. The van der Waals surface area contributed by atoms with Gasteiger partial charge in [-0.25, -0.2) is 0 Å². The largest absolute Gasteiger partial charge is 0.481 e. The van der Waals surface area contributed by atoms with Crippen LogP contribution in [0.25, 0.3) is 0 Å². The van der Waals surface area contributed by atoms with E-state index in [1.807, 2.05) is 0 Å². The fourth-order valence-electron chi connectivity index (χ4n) is 1.95. The summed E-state index contributed by atoms with van der Waals surface area (Å²) >= 11 is 0.638. The molecule has 0 radical (unpaired) electrons. The van der Waals surface area contributed by atoms with E-state index in [2.05, 4.69) is 20.1 Å². The van der Waals surface area contributed by atoms with Crippen LogP contribution < -0.4 is 16.4 Å². The maximum atomic E-state index is 12.3. The zero-order valence-electron chi connectivity index (χ0n) is 16.4. The van der Waals surface area contributed by atoms with E-state index in [0.29, 0.717) is 11.8 Å². The van der Waals surface area contributed by atoms with E-state index in [0.717, 1.165) is 14.2 Å². The molecule has 30 heavy (non-hydrogen) atoms. The van der Waals surface area contributed by atoms with Gasteiger partial charge in [-0.1, -0.05) is 0 Å². The van der Waals surface area contributed by atoms with Gasteiger partial charge in [-0.3, -0.25) is 28.8 Å². The molecule has 0 bridgehead atoms. The normalized spacial score (nSPS) is 13.3. The lowest BCUT2D eigenvalue weighted by Gasteiger charge is -2.20. The van der Waals surface area contributed by atoms with Crippen molar-refractivity contribution in [3.05, 3.63) is 0 Å². The van der Waals surface area contributed by atoms with Gasteiger partial charge in [-0.05, 0) is 6.42 Å². The Morgan fingerprint density at radius 1 is 1.07 bits per heavy atom. The lowest BCUT2D eigenvalue weighted by Crippen LogP contribution is -2.50. The standard InChI is InChI=1S/C16H25N3O10S/c1-28-13(23)6-18-14(24)9(7-30-10(15(25)26)5-12(21)22)19-11(20)4-3-8(17)16(27)29-2/h8-10H,3-7,17H2,1-2H3,(H,18,24)(H,19,20)(H,21,22)(H,25,26). The van der Waals surface area contributed by atoms with Gasteiger partial charge in [0.15, 0.2) is 0 Å². The Balaban J connectivity index is 5.04. The summed E-state index contributed by atoms with van der Waals surface area (Å²) in [5, 5.41) is 21.1. The lowest BCUT2D eigenvalue weighted by molar-refractivity contribution is -0.143. The van der Waals surface area contributed by atoms with Crippen molar-refractivity contribution in [2.24, 2.45) is 5.73 Å². The second kappa shape index (κ2) is 14.2. The molecule has 0 aliphatic rings. The molecule has 0 aromatic rings. The van der Waals surface area contributed by atoms with Gasteiger partial charge in [0, 0.05) is 12.2 Å². The van der Waals surface area contributed by atoms with Crippen LogP contribution in [0.5, 0.6) is 0 Å². The minimum atomic E-state index is -1.40. The number of carboxylic acids is 2. The summed E-state index contributed by atoms with van der Waals surface area (Å²) in [7, 11) is 2.24. The van der Waals surface area contributed by atoms with Crippen molar-refractivity contribution in [1.82, 2.24) is 10.6 Å². The molecule has 3 atom stereocenters. The highest BCUT2D eigenvalue weighted by atomic mass is 32.2. The molecule has 0 saturated heterocycles. The number of amides is 2. The summed E-state index contributed by atoms with van der Waals surface area (Å²) in [6.45, 7) is -0.489. The minimum absolute atomic E-state index is 0.0705. The molecular weight excluding hydrogens is 426 g/mol. The number of carboxylic acid groups (broad SMARTS) is 2. The molecule has 0 aromatic heterocycles. The van der Waals surface area contributed by atoms with Gasteiger partial charge in [-0.15, -0.1) is 11.8 Å². The van der Waals surface area contributed by atoms with Crippen LogP contribution in [0.2, 0.25) is 0 Å². The van der Waals surface area contributed by atoms with E-state index in [-0.39, 0.29) is 18.6 Å². The van der Waals surface area contributed by atoms with E-state index in [9.17, 15) is 28.8 Å². The minimum Gasteiger partial charge on any atom is -0.481 e. The average molecular weight is 451 g/mol. The zero-order chi connectivity index (χ0) is 23.3. The molecule has 0 aromatic carbocycles. The van der Waals surface area contributed by atoms with Crippen molar-refractivity contribution < 1.29 is 48.5 Å². The van der Waals surface area contributed by atoms with E-state index in [1.165, 1.54) is 0 Å². The monoisotopic (exact) mass is 451 g/mol. The third kappa shape index (κ3) is 11.2. The van der Waals surface area contributed by atoms with Crippen LogP contribution in [0, 0.1) is 0 Å². The topological polar surface area (TPSA) is 211 Å². The molecule has 0 aliphatic carbocycles. The number of nitrogens with one attached hydrogen (secondary N) is 2. The number of nitrogens with two attached hydrogens (primary N) is 1. The Morgan fingerprint density at radius 3 is 2.20 bits per heavy atom. The van der Waals surface area contributed by atoms with Gasteiger partial charge in [0.2, 0.25) is 11.8 Å². The van der Waals surface area contributed by atoms with Crippen LogP contribution in [-0.2, 0) is 38.2 Å². The molecule has 0 spiro atoms. The first-order chi connectivity index (χ1) is 14.0. The fourth-order valence-corrected chi connectivity index (χ4v) is 3.01. The Hall–Kier alpha value is -2.87. The summed E-state index contributed by atoms with van der Waals surface area (Å²) in [6, 6.07) is -2.33. The third-order valence-corrected chi connectivity index (χ3v) is 4.87. The first kappa shape index (κ1) is 27.1. The molecule has 0 saturated carbocycles. The highest BCUT2D eigenvalue weighted by Crippen LogP contribution is 2.17. The SMILES string of the molecule is COC(=O)CNC(=O)C(CSC(CC(=O)O)C(=O)O)NC(=O)CCC(N)C(=O)OC. The molecule has 14 heteroatoms. The van der Waals surface area contributed by atoms with Crippen LogP contribution >= 0.6 is 11.8 Å². The summed E-state index contributed by atoms with van der Waals surface area (Å²) in [6.07, 6.45) is -1.00. The van der Waals surface area contributed by atoms with Gasteiger partial charge in [0.05, 0.1) is 20.6 Å². The molecule has 0 rings (SSSR count). The van der Waals surface area contributed by atoms with Crippen molar-refractivity contribution in [3.63, 3.8) is 0 Å². The van der Waals surface area contributed by atoms with Crippen LogP contribution in [0.3, 0.4) is 0 Å². The molecule has 0 fully saturated rings. The molecule has 13 nitrogen and oxygen atoms in total. The third-order valence-electron chi connectivity index (χ3n) is 3.57. The van der Waals surface area contributed by atoms with Gasteiger partial charge in [-0.2, -0.15) is 0 Å². The molecule has 6 N–H and O–H groups in total. The highest BCUT2D eigenvalue weighted by molar-refractivity contribution is 8.00. The number of carbonyl (C=O) groups excluding carboxylic acids is 4. The van der Waals surface area contributed by atoms with Crippen molar-refractivity contribution >= 4 is 47.5 Å². The Kier molecular flexibility index (Phi) is 12.8. The number of thioether (sulfide) groups is 1. The smallest absolute Gasteiger partial charge is 0.325 e. The van der Waals surface area contributed by atoms with Gasteiger partial charge in [0.1, 0.15) is 23.9 Å². The van der Waals surface area contributed by atoms with Crippen molar-refractivity contribution in [3.8, 4) is 0 Å². The van der Waals surface area contributed by atoms with Crippen molar-refractivity contribution in [2.45, 2.75) is 36.6 Å². The Labute approximate surface area is 176 Å². The first-order valence-electron chi connectivity index (χ1n) is 8.55. The van der Waals surface area contributed by atoms with E-state index in [1.54, 1.807) is 0 Å². The number of esters is 2. The van der Waals surface area contributed by atoms with Crippen LogP contribution in [-0.4, -0.2) is 89.8 Å². The van der Waals surface area contributed by atoms with E-state index in [4.69, 9.17) is 15.9 Å². The highest BCUT2D eigenvalue weighted by Gasteiger charge is 2.27. The zero-order valence-corrected chi connectivity index (χ0v) is 17.2. The molecule has 0 aliphatic heterocycles. The molecule has 170 valence electrons. The lowest BCUT2D eigenvalue weighted by atomic mass is 10.1. The quantitative estimate of drug-likeness (QED) is 0.176. The number of ether oxygens (including phenoxy) is 2. The first-order valence-corrected chi connectivity index (χ1v) is 9.60. The predicted octanol–water partition coefficient (Wildman–Crippen LogP) is -2.30. The second-order valence-corrected chi connectivity index (χ2v) is 7.08. The van der Waals surface area contributed by atoms with Crippen LogP contribution in [0.15, 0.2) is 0 Å². The number of hydrogen-bond donors (Lipinski definition) is 5. The maximum absolute atomic E-state index is 12.3. The number of carbonyl (C=O) groups is 6. The maximum Gasteiger partial charge on any atom is 0.325 e. The molecule has 3 unspecified atom stereocenters. The average Bonchev–Trinajstić information content (AvgIpc) is 2.70. The van der Waals surface area contributed by atoms with E-state index >= 15 is 0 Å². The molecule has 0 heterocycles. The Bertz CT molecular complexity index is 657. The van der Waals surface area contributed by atoms with Gasteiger partial charge < -0.3 is 36.1 Å². The van der Waals surface area contributed by atoms with Gasteiger partial charge in [0.25, 0.3) is 0 Å². The van der Waals surface area contributed by atoms with Crippen LogP contribution in [0.1, 0.15) is 19.3 Å². The predicted molar refractivity (Wildman–Crippen MR) is 102 cm³/mol. The van der Waals surface area contributed by atoms with E-state index < -0.39 is 66.0 Å². The number of aliphatic carboxylic acids is 2. The second-order valence-electron chi connectivity index (χ2n) is 5.84. The summed E-state index contributed by atoms with van der Waals surface area (Å²) in [5.74, 6) is -5.97. The molecular formula is C16H25N3O10S. The Morgan fingerprint density at radius 2 is 1.70 bits per heavy atom. The number of rotatable bonds is 14. The van der Waals surface area contributed by atoms with Crippen molar-refractivity contribution in [1.29, 1.82) is 0 Å². The van der Waals surface area contributed by atoms with Gasteiger partial charge >= 0.3 is 23.9 Å². The number of hydrogen-bond acceptors (Lipinski definition) is 10. The summed E-state index contributed by atoms with van der Waals surface area (Å²) in [5.41, 5.74) is 5.53. The van der Waals surface area contributed by atoms with Crippen molar-refractivity contribution in [2.75, 3.05) is 26.5 Å². The summed E-state index contributed by atoms with van der Waals surface area (Å²) < 4.78 is 8.82. The summed E-state index contributed by atoms with van der Waals surface area (Å²) in [4.78, 5) is 68.8. The number of methoxy groups -OCH3 is 2. The van der Waals surface area contributed by atoms with Crippen LogP contribution in [0.4, 0.5) is 0 Å².